The topological polar surface area (TPSA) is 46.9 Å². The Hall–Kier alpha value is -2.47. The Morgan fingerprint density at radius 1 is 1.29 bits per heavy atom. The number of hydrogen-bond acceptors (Lipinski definition) is 3. The van der Waals surface area contributed by atoms with Gasteiger partial charge in [-0.3, -0.25) is 4.79 Å². The second kappa shape index (κ2) is 6.57. The van der Waals surface area contributed by atoms with Crippen LogP contribution in [0.3, 0.4) is 0 Å². The van der Waals surface area contributed by atoms with Crippen molar-refractivity contribution in [1.82, 2.24) is 9.55 Å². The summed E-state index contributed by atoms with van der Waals surface area (Å²) in [5.41, 5.74) is 4.81. The maximum Gasteiger partial charge on any atom is 0.225 e. The Bertz CT molecular complexity index is 880. The Morgan fingerprint density at radius 3 is 2.67 bits per heavy atom. The number of amides is 1. The van der Waals surface area contributed by atoms with Gasteiger partial charge in [0, 0.05) is 34.4 Å². The fourth-order valence-corrected chi connectivity index (χ4v) is 3.40. The molecule has 1 amide bonds. The van der Waals surface area contributed by atoms with E-state index in [1.54, 1.807) is 19.1 Å². The summed E-state index contributed by atoms with van der Waals surface area (Å²) < 4.78 is 15.2. The summed E-state index contributed by atoms with van der Waals surface area (Å²) in [6.45, 7) is 5.82. The Labute approximate surface area is 144 Å². The Balaban J connectivity index is 1.97. The first-order chi connectivity index (χ1) is 11.5. The molecule has 3 rings (SSSR count). The monoisotopic (exact) mass is 343 g/mol. The first kappa shape index (κ1) is 16.4. The van der Waals surface area contributed by atoms with Gasteiger partial charge in [0.05, 0.1) is 5.69 Å². The van der Waals surface area contributed by atoms with Gasteiger partial charge in [0.25, 0.3) is 0 Å². The molecule has 0 radical (unpaired) electrons. The van der Waals surface area contributed by atoms with Crippen LogP contribution >= 0.6 is 11.3 Å². The molecular formula is C18H18FN3OS. The number of thiazole rings is 1. The lowest BCUT2D eigenvalue weighted by Gasteiger charge is -2.09. The summed E-state index contributed by atoms with van der Waals surface area (Å²) >= 11 is 1.41. The highest BCUT2D eigenvalue weighted by atomic mass is 32.1. The number of hydrogen-bond donors (Lipinski definition) is 1. The highest BCUT2D eigenvalue weighted by Gasteiger charge is 2.15. The van der Waals surface area contributed by atoms with Crippen molar-refractivity contribution in [2.24, 2.45) is 0 Å². The molecule has 0 saturated heterocycles. The normalized spacial score (nSPS) is 10.8. The molecule has 24 heavy (non-hydrogen) atoms. The molecule has 0 atom stereocenters. The van der Waals surface area contributed by atoms with Crippen molar-refractivity contribution >= 4 is 22.4 Å². The van der Waals surface area contributed by atoms with E-state index in [0.29, 0.717) is 11.6 Å². The molecule has 0 aliphatic rings. The smallest absolute Gasteiger partial charge is 0.225 e. The second-order valence-corrected chi connectivity index (χ2v) is 6.39. The predicted molar refractivity (Wildman–Crippen MR) is 95.2 cm³/mol. The maximum atomic E-state index is 13.2. The number of aryl methyl sites for hydroxylation is 1. The van der Waals surface area contributed by atoms with E-state index < -0.39 is 0 Å². The molecule has 0 aliphatic heterocycles. The molecule has 1 N–H and O–H groups in total. The summed E-state index contributed by atoms with van der Waals surface area (Å²) in [6.07, 6.45) is 0.425. The van der Waals surface area contributed by atoms with Crippen LogP contribution in [-0.4, -0.2) is 15.5 Å². The van der Waals surface area contributed by atoms with Crippen LogP contribution in [0.2, 0.25) is 0 Å². The van der Waals surface area contributed by atoms with Crippen LogP contribution in [0.15, 0.2) is 35.7 Å². The summed E-state index contributed by atoms with van der Waals surface area (Å²) in [5, 5.41) is 5.31. The number of halogens is 1. The molecule has 2 aromatic heterocycles. The first-order valence-corrected chi connectivity index (χ1v) is 8.58. The lowest BCUT2D eigenvalue weighted by Crippen LogP contribution is -2.08. The Morgan fingerprint density at radius 2 is 2.00 bits per heavy atom. The molecule has 3 aromatic rings. The lowest BCUT2D eigenvalue weighted by molar-refractivity contribution is -0.115. The highest BCUT2D eigenvalue weighted by Crippen LogP contribution is 2.31. The largest absolute Gasteiger partial charge is 0.318 e. The number of nitrogens with one attached hydrogen (secondary N) is 1. The van der Waals surface area contributed by atoms with Crippen molar-refractivity contribution in [3.05, 3.63) is 52.9 Å². The van der Waals surface area contributed by atoms with Crippen LogP contribution in [0, 0.1) is 19.7 Å². The number of nitrogens with zero attached hydrogens (tertiary/aromatic N) is 2. The van der Waals surface area contributed by atoms with Crippen molar-refractivity contribution in [2.45, 2.75) is 27.2 Å². The minimum Gasteiger partial charge on any atom is -0.318 e. The average Bonchev–Trinajstić information content (AvgIpc) is 3.13. The fourth-order valence-electron chi connectivity index (χ4n) is 2.67. The Kier molecular flexibility index (Phi) is 4.49. The van der Waals surface area contributed by atoms with Crippen molar-refractivity contribution in [1.29, 1.82) is 0 Å². The van der Waals surface area contributed by atoms with Gasteiger partial charge >= 0.3 is 0 Å². The summed E-state index contributed by atoms with van der Waals surface area (Å²) in [6, 6.07) is 8.48. The van der Waals surface area contributed by atoms with E-state index in [9.17, 15) is 9.18 Å². The van der Waals surface area contributed by atoms with Gasteiger partial charge in [-0.15, -0.1) is 11.3 Å². The van der Waals surface area contributed by atoms with Crippen LogP contribution < -0.4 is 5.32 Å². The number of carbonyl (C=O) groups excluding carboxylic acids is 1. The third kappa shape index (κ3) is 3.10. The van der Waals surface area contributed by atoms with Crippen molar-refractivity contribution < 1.29 is 9.18 Å². The van der Waals surface area contributed by atoms with E-state index in [1.165, 1.54) is 23.5 Å². The minimum absolute atomic E-state index is 0.0484. The number of anilines is 1. The van der Waals surface area contributed by atoms with E-state index in [-0.39, 0.29) is 11.7 Å². The second-order valence-electron chi connectivity index (χ2n) is 5.54. The molecule has 0 aliphatic carbocycles. The van der Waals surface area contributed by atoms with Crippen LogP contribution in [0.5, 0.6) is 0 Å². The number of rotatable bonds is 4. The van der Waals surface area contributed by atoms with E-state index in [1.807, 2.05) is 19.2 Å². The fraction of sp³-hybridized carbons (Fsp3) is 0.222. The van der Waals surface area contributed by atoms with Gasteiger partial charge in [-0.05, 0) is 44.2 Å². The van der Waals surface area contributed by atoms with Gasteiger partial charge in [-0.1, -0.05) is 6.92 Å². The third-order valence-corrected chi connectivity index (χ3v) is 4.62. The molecule has 0 spiro atoms. The van der Waals surface area contributed by atoms with Gasteiger partial charge in [0.15, 0.2) is 5.13 Å². The molecule has 0 unspecified atom stereocenters. The summed E-state index contributed by atoms with van der Waals surface area (Å²) in [4.78, 5) is 16.0. The molecule has 6 heteroatoms. The zero-order chi connectivity index (χ0) is 17.3. The van der Waals surface area contributed by atoms with Gasteiger partial charge in [-0.2, -0.15) is 0 Å². The molecule has 0 bridgehead atoms. The van der Waals surface area contributed by atoms with Crippen LogP contribution in [0.4, 0.5) is 9.52 Å². The predicted octanol–water partition coefficient (Wildman–Crippen LogP) is 4.71. The molecule has 2 heterocycles. The average molecular weight is 343 g/mol. The molecule has 0 saturated carbocycles. The quantitative estimate of drug-likeness (QED) is 0.746. The molecule has 124 valence electrons. The van der Waals surface area contributed by atoms with Crippen LogP contribution in [0.25, 0.3) is 16.9 Å². The lowest BCUT2D eigenvalue weighted by atomic mass is 10.2. The van der Waals surface area contributed by atoms with Gasteiger partial charge in [0.1, 0.15) is 5.82 Å². The van der Waals surface area contributed by atoms with Crippen molar-refractivity contribution in [2.75, 3.05) is 5.32 Å². The summed E-state index contributed by atoms with van der Waals surface area (Å²) in [7, 11) is 0. The van der Waals surface area contributed by atoms with Gasteiger partial charge in [-0.25, -0.2) is 9.37 Å². The van der Waals surface area contributed by atoms with Gasteiger partial charge < -0.3 is 9.88 Å². The molecule has 1 aromatic carbocycles. The highest BCUT2D eigenvalue weighted by molar-refractivity contribution is 7.14. The minimum atomic E-state index is -0.253. The number of carbonyl (C=O) groups is 1. The van der Waals surface area contributed by atoms with Crippen LogP contribution in [0.1, 0.15) is 24.7 Å². The SMILES string of the molecule is CCC(=O)Nc1nc(-c2cc(C)n(-c3ccc(F)cc3)c2C)cs1. The zero-order valence-electron chi connectivity index (χ0n) is 13.8. The molecular weight excluding hydrogens is 325 g/mol. The molecule has 4 nitrogen and oxygen atoms in total. The third-order valence-electron chi connectivity index (χ3n) is 3.86. The van der Waals surface area contributed by atoms with Crippen molar-refractivity contribution in [3.63, 3.8) is 0 Å². The zero-order valence-corrected chi connectivity index (χ0v) is 14.6. The molecule has 0 fully saturated rings. The van der Waals surface area contributed by atoms with Gasteiger partial charge in [0.2, 0.25) is 5.91 Å². The van der Waals surface area contributed by atoms with Crippen LogP contribution in [-0.2, 0) is 4.79 Å². The standard InChI is InChI=1S/C18H18FN3OS/c1-4-17(23)21-18-20-16(10-24-18)15-9-11(2)22(12(15)3)14-7-5-13(19)6-8-14/h5-10H,4H2,1-3H3,(H,20,21,23). The number of aromatic nitrogens is 2. The van der Waals surface area contributed by atoms with E-state index in [0.717, 1.165) is 28.3 Å². The number of benzene rings is 1. The van der Waals surface area contributed by atoms with Crippen molar-refractivity contribution in [3.8, 4) is 16.9 Å². The first-order valence-electron chi connectivity index (χ1n) is 7.70. The summed E-state index contributed by atoms with van der Waals surface area (Å²) in [5.74, 6) is -0.301. The van der Waals surface area contributed by atoms with E-state index in [2.05, 4.69) is 20.9 Å². The maximum absolute atomic E-state index is 13.2. The van der Waals surface area contributed by atoms with E-state index in [4.69, 9.17) is 0 Å². The van der Waals surface area contributed by atoms with E-state index >= 15 is 0 Å².